The van der Waals surface area contributed by atoms with Crippen molar-refractivity contribution in [3.05, 3.63) is 58.9 Å². The highest BCUT2D eigenvalue weighted by molar-refractivity contribution is 6.34. The molecule has 0 aliphatic heterocycles. The number of nitrogens with one attached hydrogen (secondary N) is 2. The monoisotopic (exact) mass is 350 g/mol. The Bertz CT molecular complexity index is 752. The van der Waals surface area contributed by atoms with Gasteiger partial charge in [-0.05, 0) is 37.3 Å². The van der Waals surface area contributed by atoms with Crippen molar-refractivity contribution in [3.8, 4) is 5.75 Å². The first-order valence-corrected chi connectivity index (χ1v) is 7.63. The number of amides is 2. The molecule has 0 spiro atoms. The van der Waals surface area contributed by atoms with Gasteiger partial charge in [0.1, 0.15) is 11.6 Å². The number of hydrogen-bond acceptors (Lipinski definition) is 3. The first-order valence-electron chi connectivity index (χ1n) is 7.25. The highest BCUT2D eigenvalue weighted by atomic mass is 35.5. The number of carbonyl (C=O) groups is 2. The molecule has 24 heavy (non-hydrogen) atoms. The van der Waals surface area contributed by atoms with Crippen LogP contribution >= 0.6 is 11.6 Å². The van der Waals surface area contributed by atoms with Crippen molar-refractivity contribution in [1.82, 2.24) is 5.32 Å². The van der Waals surface area contributed by atoms with Crippen LogP contribution in [0.1, 0.15) is 17.3 Å². The predicted octanol–water partition coefficient (Wildman–Crippen LogP) is 3.25. The quantitative estimate of drug-likeness (QED) is 0.840. The van der Waals surface area contributed by atoms with Gasteiger partial charge in [0.2, 0.25) is 0 Å². The average molecular weight is 351 g/mol. The van der Waals surface area contributed by atoms with Gasteiger partial charge < -0.3 is 15.4 Å². The second kappa shape index (κ2) is 8.31. The van der Waals surface area contributed by atoms with Gasteiger partial charge in [-0.1, -0.05) is 17.7 Å². The van der Waals surface area contributed by atoms with Gasteiger partial charge in [-0.15, -0.1) is 0 Å². The van der Waals surface area contributed by atoms with Gasteiger partial charge in [0, 0.05) is 18.3 Å². The van der Waals surface area contributed by atoms with Crippen molar-refractivity contribution >= 4 is 29.1 Å². The lowest BCUT2D eigenvalue weighted by molar-refractivity contribution is -0.122. The van der Waals surface area contributed by atoms with E-state index in [2.05, 4.69) is 10.6 Å². The molecule has 0 saturated carbocycles. The molecule has 0 aliphatic rings. The maximum absolute atomic E-state index is 13.0. The average Bonchev–Trinajstić information content (AvgIpc) is 2.53. The van der Waals surface area contributed by atoms with Gasteiger partial charge in [-0.2, -0.15) is 0 Å². The van der Waals surface area contributed by atoms with Crippen LogP contribution in [0.3, 0.4) is 0 Å². The molecule has 7 heteroatoms. The minimum Gasteiger partial charge on any atom is -0.484 e. The van der Waals surface area contributed by atoms with E-state index in [4.69, 9.17) is 16.3 Å². The summed E-state index contributed by atoms with van der Waals surface area (Å²) in [6.07, 6.45) is 0. The number of hydrogen-bond donors (Lipinski definition) is 2. The smallest absolute Gasteiger partial charge is 0.257 e. The molecule has 5 nitrogen and oxygen atoms in total. The van der Waals surface area contributed by atoms with Gasteiger partial charge in [0.05, 0.1) is 10.6 Å². The van der Waals surface area contributed by atoms with Crippen molar-refractivity contribution in [2.75, 3.05) is 18.5 Å². The molecule has 2 N–H and O–H groups in total. The van der Waals surface area contributed by atoms with Gasteiger partial charge in [-0.3, -0.25) is 9.59 Å². The number of anilines is 1. The predicted molar refractivity (Wildman–Crippen MR) is 90.0 cm³/mol. The molecule has 0 heterocycles. The first-order chi connectivity index (χ1) is 11.5. The minimum absolute atomic E-state index is 0.0242. The second-order valence-corrected chi connectivity index (χ2v) is 5.26. The van der Waals surface area contributed by atoms with Crippen LogP contribution in [-0.4, -0.2) is 25.0 Å². The molecule has 126 valence electrons. The van der Waals surface area contributed by atoms with E-state index in [-0.39, 0.29) is 23.1 Å². The first kappa shape index (κ1) is 17.7. The molecule has 0 bridgehead atoms. The lowest BCUT2D eigenvalue weighted by atomic mass is 10.2. The zero-order chi connectivity index (χ0) is 17.5. The van der Waals surface area contributed by atoms with E-state index in [1.807, 2.05) is 6.92 Å². The van der Waals surface area contributed by atoms with E-state index in [9.17, 15) is 14.0 Å². The minimum atomic E-state index is -0.516. The molecule has 0 aromatic heterocycles. The maximum Gasteiger partial charge on any atom is 0.257 e. The van der Waals surface area contributed by atoms with Crippen molar-refractivity contribution in [3.63, 3.8) is 0 Å². The van der Waals surface area contributed by atoms with Gasteiger partial charge in [-0.25, -0.2) is 4.39 Å². The van der Waals surface area contributed by atoms with Crippen LogP contribution in [0.5, 0.6) is 5.75 Å². The largest absolute Gasteiger partial charge is 0.484 e. The van der Waals surface area contributed by atoms with Crippen LogP contribution in [0.4, 0.5) is 10.1 Å². The van der Waals surface area contributed by atoms with Crippen molar-refractivity contribution in [2.24, 2.45) is 0 Å². The van der Waals surface area contributed by atoms with Crippen LogP contribution in [0, 0.1) is 5.82 Å². The lowest BCUT2D eigenvalue weighted by Crippen LogP contribution is -2.28. The number of ether oxygens (including phenoxy) is 1. The van der Waals surface area contributed by atoms with Gasteiger partial charge in [0.15, 0.2) is 6.61 Å². The Morgan fingerprint density at radius 2 is 2.00 bits per heavy atom. The third-order valence-electron chi connectivity index (χ3n) is 3.01. The Labute approximate surface area is 143 Å². The number of benzene rings is 2. The van der Waals surface area contributed by atoms with Crippen LogP contribution in [-0.2, 0) is 4.79 Å². The molecule has 0 saturated heterocycles. The summed E-state index contributed by atoms with van der Waals surface area (Å²) in [5, 5.41) is 5.29. The second-order valence-electron chi connectivity index (χ2n) is 4.85. The molecular formula is C17H16ClFN2O3. The van der Waals surface area contributed by atoms with Gasteiger partial charge in [0.25, 0.3) is 11.8 Å². The number of carbonyl (C=O) groups excluding carboxylic acids is 2. The molecule has 0 radical (unpaired) electrons. The third kappa shape index (κ3) is 4.96. The SMILES string of the molecule is CCNC(=O)COc1cccc(NC(=O)c2ccc(F)cc2Cl)c1. The topological polar surface area (TPSA) is 67.4 Å². The Kier molecular flexibility index (Phi) is 6.14. The highest BCUT2D eigenvalue weighted by Gasteiger charge is 2.12. The summed E-state index contributed by atoms with van der Waals surface area (Å²) < 4.78 is 18.4. The van der Waals surface area contributed by atoms with E-state index in [1.165, 1.54) is 6.07 Å². The summed E-state index contributed by atoms with van der Waals surface area (Å²) in [5.74, 6) is -0.785. The van der Waals surface area contributed by atoms with E-state index in [1.54, 1.807) is 24.3 Å². The van der Waals surface area contributed by atoms with Crippen LogP contribution in [0.2, 0.25) is 5.02 Å². The fourth-order valence-corrected chi connectivity index (χ4v) is 2.19. The van der Waals surface area contributed by atoms with Crippen LogP contribution in [0.25, 0.3) is 0 Å². The molecule has 2 rings (SSSR count). The summed E-state index contributed by atoms with van der Waals surface area (Å²) >= 11 is 5.87. The lowest BCUT2D eigenvalue weighted by Gasteiger charge is -2.10. The molecule has 0 unspecified atom stereocenters. The van der Waals surface area contributed by atoms with Crippen molar-refractivity contribution in [2.45, 2.75) is 6.92 Å². The molecule has 2 amide bonds. The van der Waals surface area contributed by atoms with E-state index in [0.29, 0.717) is 18.0 Å². The van der Waals surface area contributed by atoms with Crippen LogP contribution in [0.15, 0.2) is 42.5 Å². The normalized spacial score (nSPS) is 10.1. The molecule has 0 atom stereocenters. The maximum atomic E-state index is 13.0. The summed E-state index contributed by atoms with van der Waals surface area (Å²) in [6.45, 7) is 2.22. The van der Waals surface area contributed by atoms with Crippen LogP contribution < -0.4 is 15.4 Å². The molecular weight excluding hydrogens is 335 g/mol. The zero-order valence-corrected chi connectivity index (χ0v) is 13.7. The summed E-state index contributed by atoms with van der Waals surface area (Å²) in [6, 6.07) is 10.1. The molecule has 2 aromatic carbocycles. The number of halogens is 2. The van der Waals surface area contributed by atoms with Crippen molar-refractivity contribution in [1.29, 1.82) is 0 Å². The third-order valence-corrected chi connectivity index (χ3v) is 3.32. The Hall–Kier alpha value is -2.60. The zero-order valence-electron chi connectivity index (χ0n) is 12.9. The van der Waals surface area contributed by atoms with Crippen molar-refractivity contribution < 1.29 is 18.7 Å². The Morgan fingerprint density at radius 1 is 1.21 bits per heavy atom. The fraction of sp³-hybridized carbons (Fsp3) is 0.176. The van der Waals surface area contributed by atoms with E-state index < -0.39 is 11.7 Å². The number of likely N-dealkylation sites (N-methyl/N-ethyl adjacent to an activating group) is 1. The fourth-order valence-electron chi connectivity index (χ4n) is 1.93. The number of rotatable bonds is 6. The Morgan fingerprint density at radius 3 is 2.71 bits per heavy atom. The molecule has 0 aliphatic carbocycles. The summed E-state index contributed by atoms with van der Waals surface area (Å²) in [7, 11) is 0. The van der Waals surface area contributed by atoms with Gasteiger partial charge >= 0.3 is 0 Å². The van der Waals surface area contributed by atoms with E-state index in [0.717, 1.165) is 12.1 Å². The highest BCUT2D eigenvalue weighted by Crippen LogP contribution is 2.21. The summed E-state index contributed by atoms with van der Waals surface area (Å²) in [5.41, 5.74) is 0.625. The molecule has 2 aromatic rings. The molecule has 0 fully saturated rings. The Balaban J connectivity index is 2.03. The summed E-state index contributed by atoms with van der Waals surface area (Å²) in [4.78, 5) is 23.6. The standard InChI is InChI=1S/C17H16ClFN2O3/c1-2-20-16(22)10-24-13-5-3-4-12(9-13)21-17(23)14-7-6-11(19)8-15(14)18/h3-9H,2,10H2,1H3,(H,20,22)(H,21,23). The van der Waals surface area contributed by atoms with E-state index >= 15 is 0 Å².